The van der Waals surface area contributed by atoms with Crippen LogP contribution in [0, 0.1) is 0 Å². The third-order valence-electron chi connectivity index (χ3n) is 5.38. The zero-order valence-electron chi connectivity index (χ0n) is 17.9. The van der Waals surface area contributed by atoms with Gasteiger partial charge in [0.15, 0.2) is 5.69 Å². The number of hydrogen-bond donors (Lipinski definition) is 3. The number of rotatable bonds is 6. The van der Waals surface area contributed by atoms with E-state index in [0.29, 0.717) is 29.1 Å². The molecule has 0 aromatic carbocycles. The normalized spacial score (nSPS) is 14.9. The van der Waals surface area contributed by atoms with Gasteiger partial charge in [0, 0.05) is 44.7 Å². The fourth-order valence-corrected chi connectivity index (χ4v) is 3.72. The van der Waals surface area contributed by atoms with Gasteiger partial charge in [-0.1, -0.05) is 0 Å². The average Bonchev–Trinajstić information content (AvgIpc) is 3.18. The minimum atomic E-state index is -0.454. The number of hydrazine groups is 1. The van der Waals surface area contributed by atoms with Crippen molar-refractivity contribution in [3.8, 4) is 0 Å². The third kappa shape index (κ3) is 4.28. The Labute approximate surface area is 180 Å². The summed E-state index contributed by atoms with van der Waals surface area (Å²) >= 11 is 0. The van der Waals surface area contributed by atoms with Crippen molar-refractivity contribution in [3.63, 3.8) is 0 Å². The molecule has 1 aliphatic rings. The van der Waals surface area contributed by atoms with E-state index in [1.54, 1.807) is 30.3 Å². The van der Waals surface area contributed by atoms with E-state index in [1.807, 2.05) is 19.9 Å². The molecule has 3 aromatic heterocycles. The molecular weight excluding hydrogens is 398 g/mol. The highest BCUT2D eigenvalue weighted by molar-refractivity contribution is 6.04. The third-order valence-corrected chi connectivity index (χ3v) is 5.38. The highest BCUT2D eigenvalue weighted by Gasteiger charge is 2.21. The molecule has 0 atom stereocenters. The summed E-state index contributed by atoms with van der Waals surface area (Å²) < 4.78 is 7.21. The maximum absolute atomic E-state index is 12.1. The number of hydrogen-bond acceptors (Lipinski definition) is 9. The minimum Gasteiger partial charge on any atom is -0.381 e. The summed E-state index contributed by atoms with van der Waals surface area (Å²) in [5.74, 6) is 6.75. The molecule has 0 saturated carbocycles. The Morgan fingerprint density at radius 3 is 2.71 bits per heavy atom. The molecule has 0 aliphatic carbocycles. The van der Waals surface area contributed by atoms with Crippen LogP contribution >= 0.6 is 0 Å². The number of fused-ring (bicyclic) bond motifs is 1. The van der Waals surface area contributed by atoms with E-state index in [9.17, 15) is 4.79 Å². The Morgan fingerprint density at radius 2 is 2.03 bits per heavy atom. The topological polar surface area (TPSA) is 136 Å². The SMILES string of the molecule is COC1CCN(c2nccc(Nc3cc4c(cn3)c(C(=O)NN)nn4C(C)C)n2)CC1. The molecule has 164 valence electrons. The second-order valence-electron chi connectivity index (χ2n) is 7.74. The first-order valence-electron chi connectivity index (χ1n) is 10.3. The van der Waals surface area contributed by atoms with Crippen LogP contribution in [-0.2, 0) is 4.74 Å². The first kappa shape index (κ1) is 20.9. The summed E-state index contributed by atoms with van der Waals surface area (Å²) in [6.07, 6.45) is 5.55. The molecule has 31 heavy (non-hydrogen) atoms. The quantitative estimate of drug-likeness (QED) is 0.306. The second-order valence-corrected chi connectivity index (χ2v) is 7.74. The lowest BCUT2D eigenvalue weighted by Crippen LogP contribution is -2.37. The standard InChI is InChI=1S/C20H27N9O2/c1-12(2)29-15-10-17(23-11-14(15)18(27-29)19(30)26-21)24-16-4-7-22-20(25-16)28-8-5-13(31-3)6-9-28/h4,7,10-13H,5-6,8-9,21H2,1-3H3,(H,26,30)(H,22,23,24,25). The Morgan fingerprint density at radius 1 is 1.26 bits per heavy atom. The summed E-state index contributed by atoms with van der Waals surface area (Å²) in [4.78, 5) is 27.7. The molecule has 4 N–H and O–H groups in total. The maximum Gasteiger partial charge on any atom is 0.286 e. The van der Waals surface area contributed by atoms with Crippen LogP contribution in [0.1, 0.15) is 43.2 Å². The molecule has 0 unspecified atom stereocenters. The lowest BCUT2D eigenvalue weighted by atomic mass is 10.1. The van der Waals surface area contributed by atoms with Crippen LogP contribution in [0.2, 0.25) is 0 Å². The van der Waals surface area contributed by atoms with Gasteiger partial charge < -0.3 is 15.0 Å². The summed E-state index contributed by atoms with van der Waals surface area (Å²) in [7, 11) is 1.75. The first-order valence-corrected chi connectivity index (χ1v) is 10.3. The molecular formula is C20H27N9O2. The highest BCUT2D eigenvalue weighted by Crippen LogP contribution is 2.25. The molecule has 1 amide bonds. The van der Waals surface area contributed by atoms with E-state index in [0.717, 1.165) is 31.4 Å². The zero-order chi connectivity index (χ0) is 22.0. The summed E-state index contributed by atoms with van der Waals surface area (Å²) in [5.41, 5.74) is 3.16. The molecule has 0 spiro atoms. The summed E-state index contributed by atoms with van der Waals surface area (Å²) in [5, 5.41) is 8.28. The van der Waals surface area contributed by atoms with Crippen LogP contribution in [-0.4, -0.2) is 56.9 Å². The number of anilines is 3. The van der Waals surface area contributed by atoms with Gasteiger partial charge in [0.1, 0.15) is 11.6 Å². The molecule has 3 aromatic rings. The van der Waals surface area contributed by atoms with Crippen LogP contribution < -0.4 is 21.5 Å². The number of methoxy groups -OCH3 is 1. The minimum absolute atomic E-state index is 0.0535. The fraction of sp³-hybridized carbons (Fsp3) is 0.450. The van der Waals surface area contributed by atoms with Gasteiger partial charge in [0.25, 0.3) is 5.91 Å². The van der Waals surface area contributed by atoms with Crippen LogP contribution in [0.4, 0.5) is 17.6 Å². The van der Waals surface area contributed by atoms with Gasteiger partial charge in [0.05, 0.1) is 17.0 Å². The molecule has 0 bridgehead atoms. The van der Waals surface area contributed by atoms with Gasteiger partial charge in [-0.05, 0) is 32.8 Å². The monoisotopic (exact) mass is 425 g/mol. The van der Waals surface area contributed by atoms with Crippen LogP contribution in [0.5, 0.6) is 0 Å². The molecule has 11 heteroatoms. The van der Waals surface area contributed by atoms with Gasteiger partial charge in [-0.25, -0.2) is 15.8 Å². The number of carbonyl (C=O) groups excluding carboxylic acids is 1. The fourth-order valence-electron chi connectivity index (χ4n) is 3.72. The number of carbonyl (C=O) groups is 1. The van der Waals surface area contributed by atoms with Crippen molar-refractivity contribution in [1.82, 2.24) is 30.2 Å². The Bertz CT molecular complexity index is 1070. The number of ether oxygens (including phenoxy) is 1. The highest BCUT2D eigenvalue weighted by atomic mass is 16.5. The van der Waals surface area contributed by atoms with Gasteiger partial charge in [-0.2, -0.15) is 10.1 Å². The molecule has 11 nitrogen and oxygen atoms in total. The van der Waals surface area contributed by atoms with E-state index in [4.69, 9.17) is 10.6 Å². The van der Waals surface area contributed by atoms with E-state index in [1.165, 1.54) is 0 Å². The molecule has 1 aliphatic heterocycles. The lowest BCUT2D eigenvalue weighted by Gasteiger charge is -2.31. The van der Waals surface area contributed by atoms with Crippen LogP contribution in [0.15, 0.2) is 24.5 Å². The predicted molar refractivity (Wildman–Crippen MR) is 117 cm³/mol. The predicted octanol–water partition coefficient (Wildman–Crippen LogP) is 1.76. The summed E-state index contributed by atoms with van der Waals surface area (Å²) in [6, 6.07) is 3.70. The van der Waals surface area contributed by atoms with E-state index in [2.05, 4.69) is 35.7 Å². The van der Waals surface area contributed by atoms with Crippen molar-refractivity contribution in [2.45, 2.75) is 38.8 Å². The van der Waals surface area contributed by atoms with Crippen molar-refractivity contribution < 1.29 is 9.53 Å². The number of pyridine rings is 1. The van der Waals surface area contributed by atoms with Crippen molar-refractivity contribution in [2.75, 3.05) is 30.4 Å². The first-order chi connectivity index (χ1) is 15.0. The number of amides is 1. The van der Waals surface area contributed by atoms with E-state index < -0.39 is 5.91 Å². The number of nitrogens with two attached hydrogens (primary N) is 1. The Balaban J connectivity index is 1.59. The maximum atomic E-state index is 12.1. The van der Waals surface area contributed by atoms with Crippen molar-refractivity contribution in [1.29, 1.82) is 0 Å². The van der Waals surface area contributed by atoms with Crippen LogP contribution in [0.25, 0.3) is 10.9 Å². The molecule has 0 radical (unpaired) electrons. The summed E-state index contributed by atoms with van der Waals surface area (Å²) in [6.45, 7) is 5.69. The van der Waals surface area contributed by atoms with E-state index in [-0.39, 0.29) is 11.7 Å². The smallest absolute Gasteiger partial charge is 0.286 e. The molecule has 4 rings (SSSR count). The molecule has 1 saturated heterocycles. The van der Waals surface area contributed by atoms with Crippen molar-refractivity contribution in [3.05, 3.63) is 30.2 Å². The van der Waals surface area contributed by atoms with Crippen molar-refractivity contribution >= 4 is 34.4 Å². The van der Waals surface area contributed by atoms with Gasteiger partial charge in [0.2, 0.25) is 5.95 Å². The lowest BCUT2D eigenvalue weighted by molar-refractivity contribution is 0.0816. The van der Waals surface area contributed by atoms with Gasteiger partial charge in [-0.15, -0.1) is 0 Å². The van der Waals surface area contributed by atoms with Crippen molar-refractivity contribution in [2.24, 2.45) is 5.84 Å². The Hall–Kier alpha value is -3.31. The number of piperidine rings is 1. The van der Waals surface area contributed by atoms with Gasteiger partial charge in [-0.3, -0.25) is 14.9 Å². The number of nitrogens with zero attached hydrogens (tertiary/aromatic N) is 6. The van der Waals surface area contributed by atoms with E-state index >= 15 is 0 Å². The second kappa shape index (κ2) is 8.82. The zero-order valence-corrected chi connectivity index (χ0v) is 17.9. The average molecular weight is 425 g/mol. The van der Waals surface area contributed by atoms with Gasteiger partial charge >= 0.3 is 0 Å². The Kier molecular flexibility index (Phi) is 5.96. The van der Waals surface area contributed by atoms with Crippen LogP contribution in [0.3, 0.4) is 0 Å². The number of nitrogen functional groups attached to an aromatic ring is 1. The number of nitrogens with one attached hydrogen (secondary N) is 2. The largest absolute Gasteiger partial charge is 0.381 e. The molecule has 4 heterocycles. The number of aromatic nitrogens is 5. The molecule has 1 fully saturated rings.